The lowest BCUT2D eigenvalue weighted by atomic mass is 10.0. The number of aromatic nitrogens is 1. The average molecular weight is 305 g/mol. The van der Waals surface area contributed by atoms with Gasteiger partial charge in [-0.25, -0.2) is 9.78 Å². The molecule has 0 radical (unpaired) electrons. The SMILES string of the molecule is CCOC(=O)c1oc(C2C(C)(C)C2(C)C)nc1C(F)(F)F. The molecule has 2 rings (SSSR count). The highest BCUT2D eigenvalue weighted by Gasteiger charge is 2.68. The molecule has 1 aromatic heterocycles. The normalized spacial score (nSPS) is 20.4. The summed E-state index contributed by atoms with van der Waals surface area (Å²) in [4.78, 5) is 15.2. The lowest BCUT2D eigenvalue weighted by Gasteiger charge is -2.03. The number of esters is 1. The van der Waals surface area contributed by atoms with Crippen molar-refractivity contribution < 1.29 is 27.1 Å². The number of hydrogen-bond acceptors (Lipinski definition) is 4. The largest absolute Gasteiger partial charge is 0.460 e. The van der Waals surface area contributed by atoms with Gasteiger partial charge in [0.2, 0.25) is 5.76 Å². The molecule has 0 aromatic carbocycles. The van der Waals surface area contributed by atoms with E-state index < -0.39 is 23.6 Å². The van der Waals surface area contributed by atoms with E-state index in [1.165, 1.54) is 6.92 Å². The maximum absolute atomic E-state index is 13.0. The van der Waals surface area contributed by atoms with Crippen molar-refractivity contribution in [1.82, 2.24) is 4.98 Å². The molecule has 1 saturated carbocycles. The molecule has 0 aliphatic heterocycles. The Balaban J connectivity index is 2.46. The summed E-state index contributed by atoms with van der Waals surface area (Å²) in [7, 11) is 0. The lowest BCUT2D eigenvalue weighted by Crippen LogP contribution is -2.14. The summed E-state index contributed by atoms with van der Waals surface area (Å²) in [6.45, 7) is 9.19. The first-order valence-corrected chi connectivity index (χ1v) is 6.69. The van der Waals surface area contributed by atoms with E-state index in [0.29, 0.717) is 0 Å². The van der Waals surface area contributed by atoms with Gasteiger partial charge in [0.25, 0.3) is 0 Å². The standard InChI is InChI=1S/C14H18F3NO3/c1-6-20-11(19)7-9(14(15,16)17)18-10(21-7)8-12(2,3)13(8,4)5/h8H,6H2,1-5H3. The summed E-state index contributed by atoms with van der Waals surface area (Å²) >= 11 is 0. The highest BCUT2D eigenvalue weighted by molar-refractivity contribution is 5.87. The smallest absolute Gasteiger partial charge is 0.437 e. The van der Waals surface area contributed by atoms with Crippen molar-refractivity contribution in [2.24, 2.45) is 10.8 Å². The van der Waals surface area contributed by atoms with Crippen LogP contribution in [0.1, 0.15) is 62.7 Å². The Labute approximate surface area is 120 Å². The van der Waals surface area contributed by atoms with Gasteiger partial charge in [-0.15, -0.1) is 0 Å². The topological polar surface area (TPSA) is 52.3 Å². The molecule has 0 unspecified atom stereocenters. The fourth-order valence-corrected chi connectivity index (χ4v) is 2.80. The van der Waals surface area contributed by atoms with Crippen molar-refractivity contribution in [2.45, 2.75) is 46.7 Å². The average Bonchev–Trinajstić information content (AvgIpc) is 2.65. The molecule has 0 spiro atoms. The molecule has 0 amide bonds. The molecule has 1 fully saturated rings. The third kappa shape index (κ3) is 2.32. The Morgan fingerprint density at radius 3 is 2.19 bits per heavy atom. The molecule has 0 saturated heterocycles. The molecule has 118 valence electrons. The zero-order valence-electron chi connectivity index (χ0n) is 12.6. The molecule has 1 aliphatic carbocycles. The van der Waals surface area contributed by atoms with Gasteiger partial charge < -0.3 is 9.15 Å². The third-order valence-corrected chi connectivity index (χ3v) is 4.64. The number of halogens is 3. The van der Waals surface area contributed by atoms with Gasteiger partial charge >= 0.3 is 12.1 Å². The van der Waals surface area contributed by atoms with Crippen LogP contribution in [-0.4, -0.2) is 17.6 Å². The van der Waals surface area contributed by atoms with Crippen LogP contribution in [0.15, 0.2) is 4.42 Å². The van der Waals surface area contributed by atoms with Crippen LogP contribution in [0.25, 0.3) is 0 Å². The number of nitrogens with zero attached hydrogens (tertiary/aromatic N) is 1. The van der Waals surface area contributed by atoms with Gasteiger partial charge in [-0.3, -0.25) is 0 Å². The summed E-state index contributed by atoms with van der Waals surface area (Å²) in [5.41, 5.74) is -1.80. The number of ether oxygens (including phenoxy) is 1. The Kier molecular flexibility index (Phi) is 3.38. The van der Waals surface area contributed by atoms with Crippen molar-refractivity contribution >= 4 is 5.97 Å². The highest BCUT2D eigenvalue weighted by atomic mass is 19.4. The third-order valence-electron chi connectivity index (χ3n) is 4.64. The summed E-state index contributed by atoms with van der Waals surface area (Å²) in [6.07, 6.45) is -4.76. The van der Waals surface area contributed by atoms with Gasteiger partial charge in [-0.1, -0.05) is 27.7 Å². The molecule has 0 N–H and O–H groups in total. The first kappa shape index (κ1) is 15.9. The molecular weight excluding hydrogens is 287 g/mol. The first-order valence-electron chi connectivity index (χ1n) is 6.69. The van der Waals surface area contributed by atoms with E-state index >= 15 is 0 Å². The number of carbonyl (C=O) groups is 1. The van der Waals surface area contributed by atoms with Crippen LogP contribution in [0.3, 0.4) is 0 Å². The van der Waals surface area contributed by atoms with E-state index in [9.17, 15) is 18.0 Å². The second-order valence-electron chi connectivity index (χ2n) is 6.32. The van der Waals surface area contributed by atoms with Crippen molar-refractivity contribution in [3.8, 4) is 0 Å². The Morgan fingerprint density at radius 2 is 1.81 bits per heavy atom. The molecule has 4 nitrogen and oxygen atoms in total. The van der Waals surface area contributed by atoms with Crippen molar-refractivity contribution in [3.63, 3.8) is 0 Å². The fraction of sp³-hybridized carbons (Fsp3) is 0.714. The number of carbonyl (C=O) groups excluding carboxylic acids is 1. The number of alkyl halides is 3. The minimum atomic E-state index is -4.76. The van der Waals surface area contributed by atoms with Gasteiger partial charge in [0.1, 0.15) is 0 Å². The van der Waals surface area contributed by atoms with Gasteiger partial charge in [0, 0.05) is 5.92 Å². The first-order chi connectivity index (χ1) is 9.44. The summed E-state index contributed by atoms with van der Waals surface area (Å²) in [5, 5.41) is 0. The van der Waals surface area contributed by atoms with E-state index in [2.05, 4.69) is 9.72 Å². The van der Waals surface area contributed by atoms with E-state index in [0.717, 1.165) is 0 Å². The summed E-state index contributed by atoms with van der Waals surface area (Å²) in [6, 6.07) is 0. The maximum atomic E-state index is 13.0. The Hall–Kier alpha value is -1.53. The van der Waals surface area contributed by atoms with Crippen molar-refractivity contribution in [1.29, 1.82) is 0 Å². The molecule has 1 aliphatic rings. The van der Waals surface area contributed by atoms with Crippen molar-refractivity contribution in [3.05, 3.63) is 17.3 Å². The fourth-order valence-electron chi connectivity index (χ4n) is 2.80. The molecule has 1 heterocycles. The zero-order valence-corrected chi connectivity index (χ0v) is 12.6. The highest BCUT2D eigenvalue weighted by Crippen LogP contribution is 2.73. The van der Waals surface area contributed by atoms with Crippen LogP contribution < -0.4 is 0 Å². The van der Waals surface area contributed by atoms with Crippen LogP contribution in [0.2, 0.25) is 0 Å². The Bertz CT molecular complexity index is 559. The van der Waals surface area contributed by atoms with Gasteiger partial charge in [-0.05, 0) is 17.8 Å². The van der Waals surface area contributed by atoms with Crippen molar-refractivity contribution in [2.75, 3.05) is 6.61 Å². The molecular formula is C14H18F3NO3. The maximum Gasteiger partial charge on any atom is 0.437 e. The predicted octanol–water partition coefficient (Wildman–Crippen LogP) is 4.02. The van der Waals surface area contributed by atoms with Crippen LogP contribution in [0, 0.1) is 10.8 Å². The predicted molar refractivity (Wildman–Crippen MR) is 67.8 cm³/mol. The van der Waals surface area contributed by atoms with E-state index in [1.54, 1.807) is 0 Å². The van der Waals surface area contributed by atoms with E-state index in [-0.39, 0.29) is 29.2 Å². The minimum absolute atomic E-state index is 0.0351. The van der Waals surface area contributed by atoms with Gasteiger partial charge in [-0.2, -0.15) is 13.2 Å². The summed E-state index contributed by atoms with van der Waals surface area (Å²) in [5.74, 6) is -2.33. The molecule has 0 bridgehead atoms. The summed E-state index contributed by atoms with van der Waals surface area (Å²) < 4.78 is 48.8. The monoisotopic (exact) mass is 305 g/mol. The minimum Gasteiger partial charge on any atom is -0.460 e. The lowest BCUT2D eigenvalue weighted by molar-refractivity contribution is -0.141. The molecule has 21 heavy (non-hydrogen) atoms. The Morgan fingerprint density at radius 1 is 1.29 bits per heavy atom. The van der Waals surface area contributed by atoms with Crippen LogP contribution in [0.5, 0.6) is 0 Å². The second-order valence-corrected chi connectivity index (χ2v) is 6.32. The van der Waals surface area contributed by atoms with Gasteiger partial charge in [0.05, 0.1) is 6.61 Å². The van der Waals surface area contributed by atoms with Gasteiger partial charge in [0.15, 0.2) is 11.6 Å². The van der Waals surface area contributed by atoms with Crippen LogP contribution in [0.4, 0.5) is 13.2 Å². The number of rotatable bonds is 3. The molecule has 7 heteroatoms. The van der Waals surface area contributed by atoms with E-state index in [4.69, 9.17) is 4.42 Å². The van der Waals surface area contributed by atoms with Crippen LogP contribution in [-0.2, 0) is 10.9 Å². The quantitative estimate of drug-likeness (QED) is 0.791. The molecule has 1 aromatic rings. The zero-order chi connectivity index (χ0) is 16.2. The molecule has 0 atom stereocenters. The van der Waals surface area contributed by atoms with E-state index in [1.807, 2.05) is 27.7 Å². The number of hydrogen-bond donors (Lipinski definition) is 0. The van der Waals surface area contributed by atoms with Crippen LogP contribution >= 0.6 is 0 Å². The second kappa shape index (κ2) is 4.48. The number of oxazole rings is 1.